The van der Waals surface area contributed by atoms with E-state index in [1.54, 1.807) is 0 Å². The van der Waals surface area contributed by atoms with Crippen LogP contribution in [0.5, 0.6) is 0 Å². The zero-order chi connectivity index (χ0) is 7.03. The number of hydrogen-bond donors (Lipinski definition) is 0. The molecule has 0 atom stereocenters. The van der Waals surface area contributed by atoms with Gasteiger partial charge in [-0.15, -0.1) is 0 Å². The molecule has 2 radical (unpaired) electrons. The summed E-state index contributed by atoms with van der Waals surface area (Å²) < 4.78 is 10.9. The maximum Gasteiger partial charge on any atom is 0.168 e. The fourth-order valence-electron chi connectivity index (χ4n) is 1.36. The van der Waals surface area contributed by atoms with Crippen LogP contribution in [0.25, 0.3) is 0 Å². The van der Waals surface area contributed by atoms with Crippen molar-refractivity contribution in [1.29, 1.82) is 0 Å². The minimum Gasteiger partial charge on any atom is -0.350 e. The molecule has 0 aromatic rings. The van der Waals surface area contributed by atoms with Crippen LogP contribution in [0.3, 0.4) is 0 Å². The van der Waals surface area contributed by atoms with E-state index in [0.717, 1.165) is 12.8 Å². The van der Waals surface area contributed by atoms with Crippen molar-refractivity contribution in [2.45, 2.75) is 25.0 Å². The van der Waals surface area contributed by atoms with Crippen LogP contribution >= 0.6 is 0 Å². The second-order valence-corrected chi connectivity index (χ2v) is 3.15. The highest BCUT2D eigenvalue weighted by atomic mass is 16.7. The minimum atomic E-state index is -0.199. The van der Waals surface area contributed by atoms with Crippen molar-refractivity contribution >= 4 is 0 Å². The van der Waals surface area contributed by atoms with Crippen LogP contribution < -0.4 is 0 Å². The Kier molecular flexibility index (Phi) is 1.46. The lowest BCUT2D eigenvalue weighted by Crippen LogP contribution is -2.48. The summed E-state index contributed by atoms with van der Waals surface area (Å²) in [6.45, 7) is 6.92. The number of ether oxygens (including phenoxy) is 2. The maximum atomic E-state index is 5.58. The third-order valence-corrected chi connectivity index (χ3v) is 2.24. The van der Waals surface area contributed by atoms with Gasteiger partial charge in [0.25, 0.3) is 0 Å². The minimum absolute atomic E-state index is 0.0891. The predicted octanol–water partition coefficient (Wildman–Crippen LogP) is 1.24. The van der Waals surface area contributed by atoms with Crippen LogP contribution in [-0.2, 0) is 9.47 Å². The van der Waals surface area contributed by atoms with Crippen molar-refractivity contribution in [3.8, 4) is 0 Å². The summed E-state index contributed by atoms with van der Waals surface area (Å²) in [6, 6.07) is 0. The molecule has 56 valence electrons. The lowest BCUT2D eigenvalue weighted by molar-refractivity contribution is -0.312. The van der Waals surface area contributed by atoms with E-state index < -0.39 is 0 Å². The zero-order valence-corrected chi connectivity index (χ0v) is 6.01. The van der Waals surface area contributed by atoms with Gasteiger partial charge in [-0.1, -0.05) is 0 Å². The number of rotatable bonds is 0. The number of hydrogen-bond acceptors (Lipinski definition) is 2. The third-order valence-electron chi connectivity index (χ3n) is 2.24. The summed E-state index contributed by atoms with van der Waals surface area (Å²) in [7, 11) is 0. The lowest BCUT2D eigenvalue weighted by atomic mass is 9.90. The molecule has 2 rings (SSSR count). The summed E-state index contributed by atoms with van der Waals surface area (Å²) in [5, 5.41) is 0. The largest absolute Gasteiger partial charge is 0.350 e. The Bertz CT molecular complexity index is 119. The molecule has 1 aliphatic heterocycles. The highest BCUT2D eigenvalue weighted by Crippen LogP contribution is 2.39. The summed E-state index contributed by atoms with van der Waals surface area (Å²) >= 11 is 0. The highest BCUT2D eigenvalue weighted by molar-refractivity contribution is 4.84. The average molecular weight is 140 g/mol. The van der Waals surface area contributed by atoms with E-state index in [4.69, 9.17) is 16.4 Å². The van der Waals surface area contributed by atoms with Gasteiger partial charge >= 0.3 is 0 Å². The topological polar surface area (TPSA) is 18.5 Å². The Labute approximate surface area is 61.5 Å². The average Bonchev–Trinajstić information content (AvgIpc) is 1.86. The first-order chi connectivity index (χ1) is 4.81. The first-order valence-corrected chi connectivity index (χ1v) is 3.84. The Hall–Kier alpha value is -0.0800. The van der Waals surface area contributed by atoms with Gasteiger partial charge < -0.3 is 9.47 Å². The van der Waals surface area contributed by atoms with E-state index in [9.17, 15) is 0 Å². The predicted molar refractivity (Wildman–Crippen MR) is 36.3 cm³/mol. The molecule has 2 fully saturated rings. The van der Waals surface area contributed by atoms with Crippen molar-refractivity contribution in [2.75, 3.05) is 13.2 Å². The molecule has 0 unspecified atom stereocenters. The maximum absolute atomic E-state index is 5.58. The first kappa shape index (κ1) is 6.62. The second kappa shape index (κ2) is 2.21. The van der Waals surface area contributed by atoms with Gasteiger partial charge in [0.2, 0.25) is 0 Å². The quantitative estimate of drug-likeness (QED) is 0.504. The molecule has 1 saturated heterocycles. The molecule has 2 nitrogen and oxygen atoms in total. The Morgan fingerprint density at radius 3 is 2.20 bits per heavy atom. The van der Waals surface area contributed by atoms with E-state index >= 15 is 0 Å². The molecule has 2 aliphatic rings. The van der Waals surface area contributed by atoms with Crippen LogP contribution in [0, 0.1) is 12.8 Å². The van der Waals surface area contributed by atoms with Crippen molar-refractivity contribution in [2.24, 2.45) is 5.92 Å². The van der Waals surface area contributed by atoms with Gasteiger partial charge in [0.1, 0.15) is 0 Å². The van der Waals surface area contributed by atoms with Gasteiger partial charge in [0, 0.05) is 18.8 Å². The molecule has 0 aromatic heterocycles. The standard InChI is InChI=1S/C8H12O2/c1-7-5-9-8(10-6-7)3-2-4-8/h1,7H,2-6H2. The molecule has 0 N–H and O–H groups in total. The zero-order valence-electron chi connectivity index (χ0n) is 6.01. The van der Waals surface area contributed by atoms with Crippen LogP contribution in [0.2, 0.25) is 0 Å². The Morgan fingerprint density at radius 1 is 1.20 bits per heavy atom. The van der Waals surface area contributed by atoms with Gasteiger partial charge in [0.05, 0.1) is 13.2 Å². The monoisotopic (exact) mass is 140 g/mol. The van der Waals surface area contributed by atoms with E-state index in [1.165, 1.54) is 6.42 Å². The summed E-state index contributed by atoms with van der Waals surface area (Å²) in [5.74, 6) is -0.109. The fraction of sp³-hybridized carbons (Fsp3) is 0.875. The van der Waals surface area contributed by atoms with Gasteiger partial charge in [0.15, 0.2) is 5.79 Å². The first-order valence-electron chi connectivity index (χ1n) is 3.84. The van der Waals surface area contributed by atoms with Crippen LogP contribution in [-0.4, -0.2) is 19.0 Å². The molecule has 1 spiro atoms. The molecule has 10 heavy (non-hydrogen) atoms. The van der Waals surface area contributed by atoms with Crippen molar-refractivity contribution in [1.82, 2.24) is 0 Å². The van der Waals surface area contributed by atoms with E-state index in [-0.39, 0.29) is 11.7 Å². The fourth-order valence-corrected chi connectivity index (χ4v) is 1.36. The van der Waals surface area contributed by atoms with Crippen LogP contribution in [0.1, 0.15) is 19.3 Å². The molecule has 0 amide bonds. The molecule has 0 aromatic carbocycles. The van der Waals surface area contributed by atoms with Gasteiger partial charge in [-0.2, -0.15) is 0 Å². The Morgan fingerprint density at radius 2 is 1.80 bits per heavy atom. The highest BCUT2D eigenvalue weighted by Gasteiger charge is 2.42. The second-order valence-electron chi connectivity index (χ2n) is 3.15. The van der Waals surface area contributed by atoms with E-state index in [2.05, 4.69) is 0 Å². The summed E-state index contributed by atoms with van der Waals surface area (Å²) in [6.07, 6.45) is 3.34. The van der Waals surface area contributed by atoms with Crippen LogP contribution in [0.4, 0.5) is 0 Å². The van der Waals surface area contributed by atoms with Gasteiger partial charge in [-0.25, -0.2) is 0 Å². The molecule has 1 aliphatic carbocycles. The normalized spacial score (nSPS) is 32.1. The summed E-state index contributed by atoms with van der Waals surface area (Å²) in [4.78, 5) is 0. The van der Waals surface area contributed by atoms with Gasteiger partial charge in [-0.3, -0.25) is 0 Å². The van der Waals surface area contributed by atoms with E-state index in [0.29, 0.717) is 13.2 Å². The molecular formula is C8H12O2. The van der Waals surface area contributed by atoms with Crippen LogP contribution in [0.15, 0.2) is 0 Å². The smallest absolute Gasteiger partial charge is 0.168 e. The van der Waals surface area contributed by atoms with Crippen molar-refractivity contribution < 1.29 is 9.47 Å². The third kappa shape index (κ3) is 0.956. The van der Waals surface area contributed by atoms with Gasteiger partial charge in [-0.05, 0) is 13.3 Å². The molecule has 1 heterocycles. The lowest BCUT2D eigenvalue weighted by Gasteiger charge is -2.45. The molecule has 2 heteroatoms. The Balaban J connectivity index is 1.90. The van der Waals surface area contributed by atoms with Crippen molar-refractivity contribution in [3.05, 3.63) is 6.92 Å². The molecule has 0 bridgehead atoms. The summed E-state index contributed by atoms with van der Waals surface area (Å²) in [5.41, 5.74) is 0. The molecular weight excluding hydrogens is 128 g/mol. The molecule has 1 saturated carbocycles. The SMILES string of the molecule is [CH]C1COC2(CCC2)OC1. The van der Waals surface area contributed by atoms with E-state index in [1.807, 2.05) is 0 Å². The van der Waals surface area contributed by atoms with Crippen molar-refractivity contribution in [3.63, 3.8) is 0 Å².